The summed E-state index contributed by atoms with van der Waals surface area (Å²) in [5, 5.41) is 13.3. The number of amides is 2. The zero-order valence-corrected chi connectivity index (χ0v) is 17.4. The smallest absolute Gasteiger partial charge is 0.270 e. The number of carboxylic acid groups (broad SMARTS) is 1. The highest BCUT2D eigenvalue weighted by Gasteiger charge is 2.34. The van der Waals surface area contributed by atoms with Gasteiger partial charge in [0.05, 0.1) is 11.7 Å². The first-order valence-corrected chi connectivity index (χ1v) is 9.54. The van der Waals surface area contributed by atoms with Crippen LogP contribution in [-0.2, 0) is 14.4 Å². The molecule has 1 saturated heterocycles. The van der Waals surface area contributed by atoms with Crippen LogP contribution >= 0.6 is 12.2 Å². The van der Waals surface area contributed by atoms with Crippen molar-refractivity contribution in [1.82, 2.24) is 5.32 Å². The first kappa shape index (κ1) is 21.2. The number of hydrogen-bond acceptors (Lipinski definition) is 6. The molecule has 0 unspecified atom stereocenters. The molecule has 0 radical (unpaired) electrons. The van der Waals surface area contributed by atoms with E-state index in [1.165, 1.54) is 17.9 Å². The van der Waals surface area contributed by atoms with E-state index < -0.39 is 23.9 Å². The second-order valence-corrected chi connectivity index (χ2v) is 7.34. The number of anilines is 1. The molecule has 1 N–H and O–H groups in total. The number of benzene rings is 2. The van der Waals surface area contributed by atoms with E-state index in [-0.39, 0.29) is 10.7 Å². The summed E-state index contributed by atoms with van der Waals surface area (Å²) < 4.78 is 5.22. The normalized spacial score (nSPS) is 16.4. The van der Waals surface area contributed by atoms with Gasteiger partial charge in [0.15, 0.2) is 5.11 Å². The Morgan fingerprint density at radius 3 is 2.30 bits per heavy atom. The van der Waals surface area contributed by atoms with Crippen LogP contribution in [-0.4, -0.2) is 29.0 Å². The highest BCUT2D eigenvalue weighted by Crippen LogP contribution is 2.25. The molecule has 2 aromatic rings. The predicted molar refractivity (Wildman–Crippen MR) is 114 cm³/mol. The molecule has 0 aliphatic carbocycles. The predicted octanol–water partition coefficient (Wildman–Crippen LogP) is 1.65. The van der Waals surface area contributed by atoms with Crippen LogP contribution in [0.4, 0.5) is 5.69 Å². The monoisotopic (exact) mass is 423 g/mol. The molecule has 0 bridgehead atoms. The largest absolute Gasteiger partial charge is 0.546 e. The van der Waals surface area contributed by atoms with Crippen LogP contribution in [0.1, 0.15) is 23.6 Å². The number of ether oxygens (including phenoxy) is 1. The molecule has 1 fully saturated rings. The highest BCUT2D eigenvalue weighted by atomic mass is 32.1. The summed E-state index contributed by atoms with van der Waals surface area (Å²) in [4.78, 5) is 37.6. The van der Waals surface area contributed by atoms with E-state index in [1.54, 1.807) is 24.3 Å². The third-order valence-electron chi connectivity index (χ3n) is 4.40. The minimum Gasteiger partial charge on any atom is -0.546 e. The standard InChI is InChI=1S/C22H20N2O5S/c1-12-8-13(2)10-16(9-12)24-20(26)18(19(25)23-22(24)30)11-15-4-6-17(7-5-15)29-14(3)21(27)28/h4-11,14H,1-3H3,(H,27,28)(H,23,25,30)/p-1/b18-11+/t14-/m0/s1. The second kappa shape index (κ2) is 8.46. The third-order valence-corrected chi connectivity index (χ3v) is 4.69. The average molecular weight is 423 g/mol. The molecule has 30 heavy (non-hydrogen) atoms. The highest BCUT2D eigenvalue weighted by molar-refractivity contribution is 7.80. The molecule has 1 atom stereocenters. The number of thiocarbonyl (C=S) groups is 1. The van der Waals surface area contributed by atoms with Gasteiger partial charge in [0.25, 0.3) is 11.8 Å². The molecular formula is C22H19N2O5S-. The van der Waals surface area contributed by atoms with Gasteiger partial charge in [0, 0.05) is 0 Å². The summed E-state index contributed by atoms with van der Waals surface area (Å²) in [5.74, 6) is -2.12. The Balaban J connectivity index is 1.90. The molecule has 1 aliphatic heterocycles. The minimum atomic E-state index is -1.33. The van der Waals surface area contributed by atoms with Crippen molar-refractivity contribution in [3.8, 4) is 5.75 Å². The van der Waals surface area contributed by atoms with E-state index in [1.807, 2.05) is 32.0 Å². The Morgan fingerprint density at radius 1 is 1.13 bits per heavy atom. The molecule has 0 aromatic heterocycles. The van der Waals surface area contributed by atoms with Crippen LogP contribution in [0, 0.1) is 13.8 Å². The summed E-state index contributed by atoms with van der Waals surface area (Å²) in [6.07, 6.45) is 0.341. The number of aryl methyl sites for hydroxylation is 2. The van der Waals surface area contributed by atoms with Crippen molar-refractivity contribution in [2.75, 3.05) is 4.90 Å². The van der Waals surface area contributed by atoms with Crippen molar-refractivity contribution in [2.45, 2.75) is 26.9 Å². The molecule has 7 nitrogen and oxygen atoms in total. The zero-order valence-electron chi connectivity index (χ0n) is 16.6. The van der Waals surface area contributed by atoms with Crippen molar-refractivity contribution >= 4 is 46.9 Å². The molecule has 1 aliphatic rings. The van der Waals surface area contributed by atoms with Gasteiger partial charge < -0.3 is 14.6 Å². The zero-order chi connectivity index (χ0) is 22.0. The SMILES string of the molecule is Cc1cc(C)cc(N2C(=O)/C(=C/c3ccc(O[C@@H](C)C(=O)[O-])cc3)C(=O)NC2=S)c1. The fourth-order valence-electron chi connectivity index (χ4n) is 3.03. The molecule has 0 spiro atoms. The molecule has 1 heterocycles. The summed E-state index contributed by atoms with van der Waals surface area (Å²) in [6, 6.07) is 11.9. The number of aliphatic carboxylic acids is 1. The number of rotatable bonds is 5. The van der Waals surface area contributed by atoms with Gasteiger partial charge in [-0.25, -0.2) is 0 Å². The lowest BCUT2D eigenvalue weighted by Crippen LogP contribution is -2.54. The second-order valence-electron chi connectivity index (χ2n) is 6.95. The van der Waals surface area contributed by atoms with Gasteiger partial charge in [-0.15, -0.1) is 0 Å². The van der Waals surface area contributed by atoms with Crippen molar-refractivity contribution in [1.29, 1.82) is 0 Å². The summed E-state index contributed by atoms with van der Waals surface area (Å²) in [7, 11) is 0. The van der Waals surface area contributed by atoms with Gasteiger partial charge in [0.1, 0.15) is 17.4 Å². The van der Waals surface area contributed by atoms with Crippen LogP contribution in [0.3, 0.4) is 0 Å². The van der Waals surface area contributed by atoms with Gasteiger partial charge in [-0.3, -0.25) is 19.8 Å². The van der Waals surface area contributed by atoms with Gasteiger partial charge in [-0.05, 0) is 80.0 Å². The Bertz CT molecular complexity index is 1060. The van der Waals surface area contributed by atoms with E-state index in [4.69, 9.17) is 17.0 Å². The lowest BCUT2D eigenvalue weighted by atomic mass is 10.1. The van der Waals surface area contributed by atoms with Crippen molar-refractivity contribution in [3.63, 3.8) is 0 Å². The summed E-state index contributed by atoms with van der Waals surface area (Å²) in [6.45, 7) is 5.18. The number of carbonyl (C=O) groups is 3. The van der Waals surface area contributed by atoms with E-state index in [9.17, 15) is 19.5 Å². The first-order chi connectivity index (χ1) is 14.2. The quantitative estimate of drug-likeness (QED) is 0.446. The molecule has 0 saturated carbocycles. The van der Waals surface area contributed by atoms with Crippen LogP contribution in [0.2, 0.25) is 0 Å². The summed E-state index contributed by atoms with van der Waals surface area (Å²) in [5.41, 5.74) is 3.00. The van der Waals surface area contributed by atoms with Crippen LogP contribution in [0.5, 0.6) is 5.75 Å². The Labute approximate surface area is 179 Å². The van der Waals surface area contributed by atoms with E-state index in [0.717, 1.165) is 11.1 Å². The van der Waals surface area contributed by atoms with Crippen molar-refractivity contribution < 1.29 is 24.2 Å². The number of nitrogens with zero attached hydrogens (tertiary/aromatic N) is 1. The molecule has 8 heteroatoms. The molecule has 154 valence electrons. The Hall–Kier alpha value is -3.52. The van der Waals surface area contributed by atoms with Crippen LogP contribution < -0.4 is 20.1 Å². The fourth-order valence-corrected chi connectivity index (χ4v) is 3.31. The lowest BCUT2D eigenvalue weighted by molar-refractivity contribution is -0.312. The maximum absolute atomic E-state index is 13.1. The third kappa shape index (κ3) is 4.55. The Morgan fingerprint density at radius 2 is 1.73 bits per heavy atom. The van der Waals surface area contributed by atoms with E-state index in [2.05, 4.69) is 5.32 Å². The number of hydrogen-bond donors (Lipinski definition) is 1. The van der Waals surface area contributed by atoms with Gasteiger partial charge in [0.2, 0.25) is 0 Å². The fraction of sp³-hybridized carbons (Fsp3) is 0.182. The maximum atomic E-state index is 13.1. The van der Waals surface area contributed by atoms with Gasteiger partial charge >= 0.3 is 0 Å². The number of carboxylic acids is 1. The Kier molecular flexibility index (Phi) is 5.98. The molecule has 3 rings (SSSR count). The van der Waals surface area contributed by atoms with Crippen LogP contribution in [0.25, 0.3) is 6.08 Å². The average Bonchev–Trinajstić information content (AvgIpc) is 2.65. The molecule has 2 amide bonds. The molecular weight excluding hydrogens is 404 g/mol. The number of nitrogens with one attached hydrogen (secondary N) is 1. The van der Waals surface area contributed by atoms with Crippen molar-refractivity contribution in [2.24, 2.45) is 0 Å². The van der Waals surface area contributed by atoms with E-state index >= 15 is 0 Å². The molecule has 2 aromatic carbocycles. The minimum absolute atomic E-state index is 0.0205. The maximum Gasteiger partial charge on any atom is 0.270 e. The number of carbonyl (C=O) groups excluding carboxylic acids is 3. The first-order valence-electron chi connectivity index (χ1n) is 9.13. The topological polar surface area (TPSA) is 98.8 Å². The van der Waals surface area contributed by atoms with Crippen molar-refractivity contribution in [3.05, 3.63) is 64.7 Å². The summed E-state index contributed by atoms with van der Waals surface area (Å²) >= 11 is 5.22. The van der Waals surface area contributed by atoms with Gasteiger partial charge in [-0.2, -0.15) is 0 Å². The lowest BCUT2D eigenvalue weighted by Gasteiger charge is -2.29. The van der Waals surface area contributed by atoms with Gasteiger partial charge in [-0.1, -0.05) is 18.2 Å². The van der Waals surface area contributed by atoms with E-state index in [0.29, 0.717) is 17.0 Å². The van der Waals surface area contributed by atoms with Crippen LogP contribution in [0.15, 0.2) is 48.0 Å².